The first-order valence-electron chi connectivity index (χ1n) is 10.5. The number of carbonyl (C=O) groups excluding carboxylic acids is 2. The van der Waals surface area contributed by atoms with Crippen molar-refractivity contribution in [3.63, 3.8) is 0 Å². The summed E-state index contributed by atoms with van der Waals surface area (Å²) in [6.45, 7) is 7.41. The summed E-state index contributed by atoms with van der Waals surface area (Å²) < 4.78 is 3.55. The molecule has 1 amide bonds. The van der Waals surface area contributed by atoms with Crippen LogP contribution in [0.3, 0.4) is 0 Å². The molecule has 0 atom stereocenters. The number of aryl methyl sites for hydroxylation is 1. The molecule has 33 heavy (non-hydrogen) atoms. The summed E-state index contributed by atoms with van der Waals surface area (Å²) in [5.74, 6) is 0.516. The van der Waals surface area contributed by atoms with E-state index in [1.165, 1.54) is 6.07 Å². The highest BCUT2D eigenvalue weighted by Crippen LogP contribution is 2.48. The molecule has 5 rings (SSSR count). The molecule has 9 nitrogen and oxygen atoms in total. The Hall–Kier alpha value is -4.32. The van der Waals surface area contributed by atoms with E-state index >= 15 is 0 Å². The largest absolute Gasteiger partial charge is 0.322 e. The molecule has 164 valence electrons. The lowest BCUT2D eigenvalue weighted by atomic mass is 9.60. The molecule has 3 aromatic heterocycles. The van der Waals surface area contributed by atoms with Crippen molar-refractivity contribution in [1.29, 1.82) is 0 Å². The van der Waals surface area contributed by atoms with Crippen LogP contribution in [0.15, 0.2) is 55.2 Å². The minimum atomic E-state index is -0.345. The van der Waals surface area contributed by atoms with E-state index in [1.54, 1.807) is 29.3 Å². The summed E-state index contributed by atoms with van der Waals surface area (Å²) >= 11 is 0. The van der Waals surface area contributed by atoms with Crippen molar-refractivity contribution in [2.24, 2.45) is 7.05 Å². The monoisotopic (exact) mass is 439 g/mol. The summed E-state index contributed by atoms with van der Waals surface area (Å²) in [6.07, 6.45) is 9.43. The quantitative estimate of drug-likeness (QED) is 0.368. The standard InChI is InChI=1S/C24H21N7O2/c1-25-19-10-24(11-19,12-21-29-27-15-30(21)2)17-4-3-5-18(9-17)28-23(33)20-8-16(14-32)13-31-7-6-26-22(20)31/h3-9,13-15,19H,10-12H2,2H3,(H,28,33). The number of nitrogens with zero attached hydrogens (tertiary/aromatic N) is 6. The lowest BCUT2D eigenvalue weighted by Gasteiger charge is -2.42. The topological polar surface area (TPSA) is 98.5 Å². The van der Waals surface area contributed by atoms with Gasteiger partial charge in [-0.05, 0) is 23.8 Å². The van der Waals surface area contributed by atoms with Gasteiger partial charge in [0.25, 0.3) is 5.91 Å². The third-order valence-electron chi connectivity index (χ3n) is 6.36. The first-order valence-corrected chi connectivity index (χ1v) is 10.5. The zero-order chi connectivity index (χ0) is 23.0. The number of carbonyl (C=O) groups is 2. The van der Waals surface area contributed by atoms with E-state index in [2.05, 4.69) is 25.3 Å². The molecular formula is C24H21N7O2. The Morgan fingerprint density at radius 3 is 2.94 bits per heavy atom. The number of pyridine rings is 1. The molecule has 1 fully saturated rings. The molecule has 0 spiro atoms. The number of anilines is 1. The van der Waals surface area contributed by atoms with Crippen LogP contribution in [0.5, 0.6) is 0 Å². The van der Waals surface area contributed by atoms with E-state index < -0.39 is 0 Å². The Bertz CT molecular complexity index is 1410. The fourth-order valence-electron chi connectivity index (χ4n) is 4.60. The SMILES string of the molecule is [C-]#[N+]C1CC(Cc2nncn2C)(c2cccc(NC(=O)c3cc(C=O)cn4ccnc34)c2)C1. The van der Waals surface area contributed by atoms with E-state index in [0.717, 1.165) is 24.2 Å². The van der Waals surface area contributed by atoms with Crippen LogP contribution in [0.4, 0.5) is 5.69 Å². The minimum Gasteiger partial charge on any atom is -0.322 e. The van der Waals surface area contributed by atoms with Crippen LogP contribution in [-0.4, -0.2) is 42.4 Å². The van der Waals surface area contributed by atoms with Crippen molar-refractivity contribution < 1.29 is 9.59 Å². The Morgan fingerprint density at radius 2 is 2.21 bits per heavy atom. The number of benzene rings is 1. The van der Waals surface area contributed by atoms with Crippen LogP contribution in [-0.2, 0) is 18.9 Å². The average Bonchev–Trinajstić information content (AvgIpc) is 3.43. The van der Waals surface area contributed by atoms with Gasteiger partial charge in [0.15, 0.2) is 6.29 Å². The Kier molecular flexibility index (Phi) is 4.98. The summed E-state index contributed by atoms with van der Waals surface area (Å²) in [7, 11) is 1.91. The molecule has 3 heterocycles. The van der Waals surface area contributed by atoms with Gasteiger partial charge in [0.05, 0.1) is 5.56 Å². The van der Waals surface area contributed by atoms with Crippen LogP contribution in [0.1, 0.15) is 44.9 Å². The van der Waals surface area contributed by atoms with Gasteiger partial charge in [-0.15, -0.1) is 10.2 Å². The molecule has 0 aliphatic heterocycles. The lowest BCUT2D eigenvalue weighted by molar-refractivity contribution is 0.102. The van der Waals surface area contributed by atoms with Gasteiger partial charge in [0.1, 0.15) is 17.8 Å². The van der Waals surface area contributed by atoms with Crippen LogP contribution in [0.2, 0.25) is 0 Å². The number of imidazole rings is 1. The molecule has 0 radical (unpaired) electrons. The number of rotatable bonds is 6. The number of amides is 1. The number of aldehydes is 1. The zero-order valence-electron chi connectivity index (χ0n) is 18.0. The Morgan fingerprint density at radius 1 is 1.36 bits per heavy atom. The molecule has 0 bridgehead atoms. The predicted molar refractivity (Wildman–Crippen MR) is 121 cm³/mol. The summed E-state index contributed by atoms with van der Waals surface area (Å²) in [5, 5.41) is 11.2. The zero-order valence-corrected chi connectivity index (χ0v) is 18.0. The molecule has 4 aromatic rings. The molecule has 1 N–H and O–H groups in total. The van der Waals surface area contributed by atoms with Gasteiger partial charge in [-0.25, -0.2) is 11.6 Å². The first-order chi connectivity index (χ1) is 16.0. The minimum absolute atomic E-state index is 0.0173. The molecule has 1 saturated carbocycles. The summed E-state index contributed by atoms with van der Waals surface area (Å²) in [6, 6.07) is 9.25. The van der Waals surface area contributed by atoms with Crippen molar-refractivity contribution in [3.8, 4) is 0 Å². The number of aromatic nitrogens is 5. The number of hydrogen-bond acceptors (Lipinski definition) is 5. The second-order valence-corrected chi connectivity index (χ2v) is 8.50. The number of hydrogen-bond donors (Lipinski definition) is 1. The highest BCUT2D eigenvalue weighted by Gasteiger charge is 2.50. The lowest BCUT2D eigenvalue weighted by Crippen LogP contribution is -2.45. The van der Waals surface area contributed by atoms with Crippen molar-refractivity contribution in [2.45, 2.75) is 30.7 Å². The van der Waals surface area contributed by atoms with Gasteiger partial charge in [-0.3, -0.25) is 9.59 Å². The van der Waals surface area contributed by atoms with E-state index in [4.69, 9.17) is 6.57 Å². The highest BCUT2D eigenvalue weighted by molar-refractivity contribution is 6.09. The third kappa shape index (κ3) is 3.65. The van der Waals surface area contributed by atoms with Gasteiger partial charge < -0.3 is 19.1 Å². The van der Waals surface area contributed by atoms with Gasteiger partial charge in [-0.2, -0.15) is 0 Å². The van der Waals surface area contributed by atoms with Gasteiger partial charge >= 0.3 is 0 Å². The van der Waals surface area contributed by atoms with Gasteiger partial charge in [0, 0.05) is 61.6 Å². The molecule has 1 aliphatic carbocycles. The second kappa shape index (κ2) is 7.98. The van der Waals surface area contributed by atoms with Crippen LogP contribution >= 0.6 is 0 Å². The van der Waals surface area contributed by atoms with Crippen LogP contribution < -0.4 is 5.32 Å². The average molecular weight is 439 g/mol. The summed E-state index contributed by atoms with van der Waals surface area (Å²) in [4.78, 5) is 32.4. The molecule has 0 unspecified atom stereocenters. The molecule has 9 heteroatoms. The molecule has 0 saturated heterocycles. The van der Waals surface area contributed by atoms with Crippen molar-refractivity contribution >= 4 is 23.5 Å². The van der Waals surface area contributed by atoms with E-state index in [0.29, 0.717) is 35.2 Å². The van der Waals surface area contributed by atoms with Crippen LogP contribution in [0.25, 0.3) is 10.5 Å². The van der Waals surface area contributed by atoms with E-state index in [1.807, 2.05) is 35.9 Å². The van der Waals surface area contributed by atoms with Gasteiger partial charge in [-0.1, -0.05) is 12.1 Å². The normalized spacial score (nSPS) is 19.6. The maximum Gasteiger partial charge on any atom is 0.259 e. The van der Waals surface area contributed by atoms with Crippen molar-refractivity contribution in [2.75, 3.05) is 5.32 Å². The number of nitrogens with one attached hydrogen (secondary N) is 1. The van der Waals surface area contributed by atoms with Gasteiger partial charge in [0.2, 0.25) is 6.04 Å². The summed E-state index contributed by atoms with van der Waals surface area (Å²) in [5.41, 5.74) is 2.65. The Labute approximate surface area is 189 Å². The maximum atomic E-state index is 13.1. The maximum absolute atomic E-state index is 13.1. The van der Waals surface area contributed by atoms with Crippen molar-refractivity contribution in [1.82, 2.24) is 24.1 Å². The van der Waals surface area contributed by atoms with Crippen LogP contribution in [0, 0.1) is 6.57 Å². The molecule has 1 aliphatic rings. The fourth-order valence-corrected chi connectivity index (χ4v) is 4.60. The highest BCUT2D eigenvalue weighted by atomic mass is 16.1. The van der Waals surface area contributed by atoms with E-state index in [-0.39, 0.29) is 17.4 Å². The van der Waals surface area contributed by atoms with E-state index in [9.17, 15) is 9.59 Å². The predicted octanol–water partition coefficient (Wildman–Crippen LogP) is 3.09. The smallest absolute Gasteiger partial charge is 0.259 e. The fraction of sp³-hybridized carbons (Fsp3) is 0.250. The second-order valence-electron chi connectivity index (χ2n) is 8.50. The molecule has 1 aromatic carbocycles. The molecular weight excluding hydrogens is 418 g/mol. The third-order valence-corrected chi connectivity index (χ3v) is 6.36. The number of fused-ring (bicyclic) bond motifs is 1. The Balaban J connectivity index is 1.45. The first kappa shape index (κ1) is 20.6. The van der Waals surface area contributed by atoms with Crippen molar-refractivity contribution in [3.05, 3.63) is 89.2 Å².